The van der Waals surface area contributed by atoms with Crippen molar-refractivity contribution in [2.75, 3.05) is 13.1 Å². The van der Waals surface area contributed by atoms with Gasteiger partial charge in [0.05, 0.1) is 17.7 Å². The number of hydroxylamine groups is 2. The normalized spacial score (nSPS) is 20.6. The molecule has 1 aliphatic heterocycles. The zero-order valence-corrected chi connectivity index (χ0v) is 14.0. The molecule has 120 valence electrons. The van der Waals surface area contributed by atoms with Gasteiger partial charge in [-0.1, -0.05) is 36.9 Å². The summed E-state index contributed by atoms with van der Waals surface area (Å²) in [5.41, 5.74) is 0.510. The Hall–Kier alpha value is -1.65. The van der Waals surface area contributed by atoms with E-state index in [-0.39, 0.29) is 17.0 Å². The van der Waals surface area contributed by atoms with Gasteiger partial charge in [-0.3, -0.25) is 9.63 Å². The molecule has 0 spiro atoms. The second kappa shape index (κ2) is 6.23. The second-order valence-corrected chi connectivity index (χ2v) is 7.06. The van der Waals surface area contributed by atoms with E-state index >= 15 is 0 Å². The van der Waals surface area contributed by atoms with Crippen molar-refractivity contribution in [3.05, 3.63) is 48.6 Å². The third-order valence-electron chi connectivity index (χ3n) is 3.99. The quantitative estimate of drug-likeness (QED) is 0.802. The molecule has 0 aliphatic carbocycles. The summed E-state index contributed by atoms with van der Waals surface area (Å²) in [5, 5.41) is 1.97. The van der Waals surface area contributed by atoms with E-state index in [2.05, 4.69) is 34.3 Å². The van der Waals surface area contributed by atoms with E-state index < -0.39 is 0 Å². The Kier molecular flexibility index (Phi) is 4.73. The van der Waals surface area contributed by atoms with Crippen LogP contribution in [0.4, 0.5) is 0 Å². The maximum atomic E-state index is 12.2. The fourth-order valence-corrected chi connectivity index (χ4v) is 3.40. The monoisotopic (exact) mass is 302 g/mol. The SMILES string of the molecule is C=CC(=O)N1C(C)(C)CN(OCc2ccccc2)CC1(C)C. The van der Waals surface area contributed by atoms with Crippen molar-refractivity contribution < 1.29 is 9.63 Å². The molecule has 1 aromatic rings. The number of amides is 1. The van der Waals surface area contributed by atoms with Crippen LogP contribution in [-0.4, -0.2) is 40.0 Å². The van der Waals surface area contributed by atoms with Crippen molar-refractivity contribution in [2.45, 2.75) is 45.4 Å². The molecule has 1 fully saturated rings. The van der Waals surface area contributed by atoms with E-state index in [0.717, 1.165) is 5.56 Å². The maximum absolute atomic E-state index is 12.2. The number of rotatable bonds is 4. The van der Waals surface area contributed by atoms with E-state index in [9.17, 15) is 4.79 Å². The number of nitrogens with zero attached hydrogens (tertiary/aromatic N) is 2. The molecule has 1 aliphatic rings. The van der Waals surface area contributed by atoms with Gasteiger partial charge >= 0.3 is 0 Å². The van der Waals surface area contributed by atoms with Crippen molar-refractivity contribution in [2.24, 2.45) is 0 Å². The molecule has 2 rings (SSSR count). The van der Waals surface area contributed by atoms with E-state index in [1.54, 1.807) is 0 Å². The first-order valence-corrected chi connectivity index (χ1v) is 7.65. The van der Waals surface area contributed by atoms with E-state index in [0.29, 0.717) is 19.7 Å². The van der Waals surface area contributed by atoms with Crippen LogP contribution in [0.2, 0.25) is 0 Å². The van der Waals surface area contributed by atoms with Gasteiger partial charge in [-0.05, 0) is 39.3 Å². The lowest BCUT2D eigenvalue weighted by atomic mass is 9.88. The predicted octanol–water partition coefficient (Wildman–Crippen LogP) is 3.01. The summed E-state index contributed by atoms with van der Waals surface area (Å²) in [6, 6.07) is 10.1. The van der Waals surface area contributed by atoms with Gasteiger partial charge in [-0.2, -0.15) is 5.06 Å². The smallest absolute Gasteiger partial charge is 0.246 e. The lowest BCUT2D eigenvalue weighted by Gasteiger charge is -2.55. The maximum Gasteiger partial charge on any atom is 0.246 e. The van der Waals surface area contributed by atoms with Crippen LogP contribution in [0.15, 0.2) is 43.0 Å². The Morgan fingerprint density at radius 3 is 2.23 bits per heavy atom. The highest BCUT2D eigenvalue weighted by Crippen LogP contribution is 2.32. The van der Waals surface area contributed by atoms with Crippen LogP contribution in [-0.2, 0) is 16.2 Å². The summed E-state index contributed by atoms with van der Waals surface area (Å²) < 4.78 is 0. The average Bonchev–Trinajstić information content (AvgIpc) is 2.43. The zero-order valence-electron chi connectivity index (χ0n) is 14.0. The molecule has 0 atom stereocenters. The molecule has 0 radical (unpaired) electrons. The van der Waals surface area contributed by atoms with E-state index in [1.807, 2.05) is 40.3 Å². The first-order chi connectivity index (χ1) is 10.3. The van der Waals surface area contributed by atoms with Crippen molar-refractivity contribution in [1.29, 1.82) is 0 Å². The van der Waals surface area contributed by atoms with Crippen LogP contribution in [0.5, 0.6) is 0 Å². The van der Waals surface area contributed by atoms with Gasteiger partial charge in [0.1, 0.15) is 0 Å². The molecule has 0 unspecified atom stereocenters. The number of carbonyl (C=O) groups excluding carboxylic acids is 1. The topological polar surface area (TPSA) is 32.8 Å². The molecule has 22 heavy (non-hydrogen) atoms. The van der Waals surface area contributed by atoms with Crippen LogP contribution >= 0.6 is 0 Å². The highest BCUT2D eigenvalue weighted by atomic mass is 16.7. The van der Waals surface area contributed by atoms with Gasteiger partial charge < -0.3 is 4.90 Å². The first kappa shape index (κ1) is 16.7. The molecule has 1 saturated heterocycles. The summed E-state index contributed by atoms with van der Waals surface area (Å²) in [6.45, 7) is 13.8. The van der Waals surface area contributed by atoms with Gasteiger partial charge in [0.15, 0.2) is 0 Å². The Balaban J connectivity index is 2.08. The van der Waals surface area contributed by atoms with Crippen LogP contribution in [0, 0.1) is 0 Å². The zero-order chi connectivity index (χ0) is 16.4. The van der Waals surface area contributed by atoms with Crippen molar-refractivity contribution in [3.8, 4) is 0 Å². The molecular weight excluding hydrogens is 276 g/mol. The lowest BCUT2D eigenvalue weighted by Crippen LogP contribution is -2.69. The van der Waals surface area contributed by atoms with Crippen LogP contribution in [0.25, 0.3) is 0 Å². The number of carbonyl (C=O) groups is 1. The lowest BCUT2D eigenvalue weighted by molar-refractivity contribution is -0.234. The molecular formula is C18H26N2O2. The van der Waals surface area contributed by atoms with E-state index in [1.165, 1.54) is 6.08 Å². The highest BCUT2D eigenvalue weighted by molar-refractivity contribution is 5.88. The summed E-state index contributed by atoms with van der Waals surface area (Å²) >= 11 is 0. The van der Waals surface area contributed by atoms with Gasteiger partial charge in [0, 0.05) is 13.1 Å². The summed E-state index contributed by atoms with van der Waals surface area (Å²) in [6.07, 6.45) is 1.39. The fraction of sp³-hybridized carbons (Fsp3) is 0.500. The standard InChI is InChI=1S/C18H26N2O2/c1-6-16(21)20-17(2,3)13-19(14-18(20,4)5)22-12-15-10-8-7-9-11-15/h6-11H,1,12-14H2,2-5H3. The van der Waals surface area contributed by atoms with Gasteiger partial charge in [0.2, 0.25) is 5.91 Å². The fourth-order valence-electron chi connectivity index (χ4n) is 3.40. The Bertz CT molecular complexity index is 519. The van der Waals surface area contributed by atoms with Crippen LogP contribution in [0.1, 0.15) is 33.3 Å². The first-order valence-electron chi connectivity index (χ1n) is 7.65. The van der Waals surface area contributed by atoms with Gasteiger partial charge in [-0.15, -0.1) is 0 Å². The minimum Gasteiger partial charge on any atom is -0.326 e. The molecule has 1 amide bonds. The van der Waals surface area contributed by atoms with Crippen LogP contribution < -0.4 is 0 Å². The van der Waals surface area contributed by atoms with E-state index in [4.69, 9.17) is 4.84 Å². The molecule has 0 N–H and O–H groups in total. The number of hydrogen-bond donors (Lipinski definition) is 0. The number of benzene rings is 1. The summed E-state index contributed by atoms with van der Waals surface area (Å²) in [4.78, 5) is 20.1. The van der Waals surface area contributed by atoms with Crippen LogP contribution in [0.3, 0.4) is 0 Å². The van der Waals surface area contributed by atoms with Crippen molar-refractivity contribution in [3.63, 3.8) is 0 Å². The number of hydrogen-bond acceptors (Lipinski definition) is 3. The average molecular weight is 302 g/mol. The third-order valence-corrected chi connectivity index (χ3v) is 3.99. The molecule has 0 aromatic heterocycles. The number of piperazine rings is 1. The van der Waals surface area contributed by atoms with Crippen molar-refractivity contribution >= 4 is 5.91 Å². The van der Waals surface area contributed by atoms with Crippen molar-refractivity contribution in [1.82, 2.24) is 9.96 Å². The van der Waals surface area contributed by atoms with Gasteiger partial charge in [0.25, 0.3) is 0 Å². The minimum absolute atomic E-state index is 0.0299. The molecule has 0 bridgehead atoms. The second-order valence-electron chi connectivity index (χ2n) is 7.06. The predicted molar refractivity (Wildman–Crippen MR) is 88.0 cm³/mol. The molecule has 0 saturated carbocycles. The Labute approximate surface area is 133 Å². The Morgan fingerprint density at radius 2 is 1.73 bits per heavy atom. The van der Waals surface area contributed by atoms with Gasteiger partial charge in [-0.25, -0.2) is 0 Å². The highest BCUT2D eigenvalue weighted by Gasteiger charge is 2.46. The molecule has 1 heterocycles. The molecule has 4 nitrogen and oxygen atoms in total. The molecule has 4 heteroatoms. The molecule has 1 aromatic carbocycles. The third kappa shape index (κ3) is 3.57. The largest absolute Gasteiger partial charge is 0.326 e. The Morgan fingerprint density at radius 1 is 1.18 bits per heavy atom. The summed E-state index contributed by atoms with van der Waals surface area (Å²) in [5.74, 6) is -0.0299. The summed E-state index contributed by atoms with van der Waals surface area (Å²) in [7, 11) is 0. The minimum atomic E-state index is -0.316.